The van der Waals surface area contributed by atoms with Gasteiger partial charge in [0.25, 0.3) is 5.91 Å². The van der Waals surface area contributed by atoms with Crippen LogP contribution in [0.15, 0.2) is 54.6 Å². The average molecular weight is 380 g/mol. The molecule has 0 spiro atoms. The maximum atomic E-state index is 12.4. The summed E-state index contributed by atoms with van der Waals surface area (Å²) in [5.74, 6) is -0.144. The van der Waals surface area contributed by atoms with Crippen LogP contribution in [-0.2, 0) is 4.79 Å². The molecule has 3 amide bonds. The van der Waals surface area contributed by atoms with E-state index in [0.29, 0.717) is 16.9 Å². The molecule has 1 saturated carbocycles. The number of imide groups is 1. The molecule has 146 valence electrons. The number of benzene rings is 2. The average Bonchev–Trinajstić information content (AvgIpc) is 2.73. The number of carbonyl (C=O) groups excluding carboxylic acids is 3. The Morgan fingerprint density at radius 1 is 0.857 bits per heavy atom. The lowest BCUT2D eigenvalue weighted by molar-refractivity contribution is -0.122. The van der Waals surface area contributed by atoms with Crippen LogP contribution in [0, 0.1) is 0 Å². The summed E-state index contributed by atoms with van der Waals surface area (Å²) in [5, 5.41) is 5.10. The first-order valence-corrected chi connectivity index (χ1v) is 9.55. The van der Waals surface area contributed by atoms with Gasteiger partial charge in [-0.25, -0.2) is 4.79 Å². The van der Waals surface area contributed by atoms with Gasteiger partial charge < -0.3 is 10.1 Å². The fourth-order valence-corrected chi connectivity index (χ4v) is 3.24. The van der Waals surface area contributed by atoms with Gasteiger partial charge in [0.05, 0.1) is 0 Å². The minimum absolute atomic E-state index is 0.0794. The van der Waals surface area contributed by atoms with E-state index in [4.69, 9.17) is 4.74 Å². The second-order valence-electron chi connectivity index (χ2n) is 6.86. The monoisotopic (exact) mass is 380 g/mol. The molecule has 0 bridgehead atoms. The molecular formula is C22H24N2O4. The van der Waals surface area contributed by atoms with Gasteiger partial charge in [0.2, 0.25) is 0 Å². The van der Waals surface area contributed by atoms with E-state index in [9.17, 15) is 14.4 Å². The number of ketones is 1. The van der Waals surface area contributed by atoms with Gasteiger partial charge in [0.1, 0.15) is 5.75 Å². The molecule has 2 aromatic carbocycles. The zero-order chi connectivity index (χ0) is 19.8. The van der Waals surface area contributed by atoms with Gasteiger partial charge in [-0.3, -0.25) is 14.9 Å². The quantitative estimate of drug-likeness (QED) is 0.752. The van der Waals surface area contributed by atoms with E-state index in [1.807, 2.05) is 18.2 Å². The van der Waals surface area contributed by atoms with E-state index in [1.54, 1.807) is 36.4 Å². The predicted octanol–water partition coefficient (Wildman–Crippen LogP) is 3.45. The van der Waals surface area contributed by atoms with Crippen molar-refractivity contribution >= 4 is 17.7 Å². The van der Waals surface area contributed by atoms with Crippen LogP contribution >= 0.6 is 0 Å². The smallest absolute Gasteiger partial charge is 0.321 e. The molecule has 0 unspecified atom stereocenters. The van der Waals surface area contributed by atoms with Crippen molar-refractivity contribution in [2.75, 3.05) is 6.61 Å². The number of urea groups is 1. The van der Waals surface area contributed by atoms with Gasteiger partial charge in [0, 0.05) is 17.2 Å². The van der Waals surface area contributed by atoms with Crippen molar-refractivity contribution < 1.29 is 19.1 Å². The van der Waals surface area contributed by atoms with Crippen molar-refractivity contribution in [3.8, 4) is 5.75 Å². The Morgan fingerprint density at radius 2 is 1.50 bits per heavy atom. The fourth-order valence-electron chi connectivity index (χ4n) is 3.24. The van der Waals surface area contributed by atoms with Crippen molar-refractivity contribution in [1.82, 2.24) is 10.6 Å². The molecule has 0 atom stereocenters. The van der Waals surface area contributed by atoms with Gasteiger partial charge in [-0.1, -0.05) is 49.6 Å². The third-order valence-electron chi connectivity index (χ3n) is 4.72. The molecule has 0 saturated heterocycles. The molecule has 1 aliphatic carbocycles. The van der Waals surface area contributed by atoms with E-state index in [2.05, 4.69) is 10.6 Å². The second-order valence-corrected chi connectivity index (χ2v) is 6.86. The number of carbonyl (C=O) groups is 3. The van der Waals surface area contributed by atoms with Crippen LogP contribution in [0.3, 0.4) is 0 Å². The molecule has 1 aliphatic rings. The summed E-state index contributed by atoms with van der Waals surface area (Å²) in [4.78, 5) is 36.1. The van der Waals surface area contributed by atoms with Crippen LogP contribution in [0.5, 0.6) is 5.75 Å². The van der Waals surface area contributed by atoms with Crippen molar-refractivity contribution in [3.05, 3.63) is 65.7 Å². The summed E-state index contributed by atoms with van der Waals surface area (Å²) in [5.41, 5.74) is 1.15. The van der Waals surface area contributed by atoms with E-state index < -0.39 is 11.9 Å². The molecule has 28 heavy (non-hydrogen) atoms. The maximum Gasteiger partial charge on any atom is 0.321 e. The highest BCUT2D eigenvalue weighted by molar-refractivity contribution is 6.09. The summed E-state index contributed by atoms with van der Waals surface area (Å²) >= 11 is 0. The van der Waals surface area contributed by atoms with Crippen molar-refractivity contribution in [1.29, 1.82) is 0 Å². The van der Waals surface area contributed by atoms with Crippen LogP contribution < -0.4 is 15.4 Å². The first-order valence-electron chi connectivity index (χ1n) is 9.55. The Kier molecular flexibility index (Phi) is 6.78. The van der Waals surface area contributed by atoms with Crippen LogP contribution in [0.4, 0.5) is 4.79 Å². The third-order valence-corrected chi connectivity index (χ3v) is 4.72. The first kappa shape index (κ1) is 19.6. The molecule has 0 aromatic heterocycles. The molecule has 1 fully saturated rings. The van der Waals surface area contributed by atoms with Crippen molar-refractivity contribution in [2.24, 2.45) is 0 Å². The summed E-state index contributed by atoms with van der Waals surface area (Å²) in [7, 11) is 0. The molecule has 3 rings (SSSR count). The predicted molar refractivity (Wildman–Crippen MR) is 105 cm³/mol. The molecule has 2 aromatic rings. The van der Waals surface area contributed by atoms with Gasteiger partial charge in [0.15, 0.2) is 12.4 Å². The Labute approximate surface area is 164 Å². The SMILES string of the molecule is O=C(COc1ccc(C(=O)c2ccccc2)cc1)NC(=O)NC1CCCCC1. The normalized spacial score (nSPS) is 14.1. The van der Waals surface area contributed by atoms with Crippen LogP contribution in [0.2, 0.25) is 0 Å². The summed E-state index contributed by atoms with van der Waals surface area (Å²) in [6, 6.07) is 15.2. The Morgan fingerprint density at radius 3 is 2.18 bits per heavy atom. The van der Waals surface area contributed by atoms with Crippen LogP contribution in [0.1, 0.15) is 48.0 Å². The molecule has 2 N–H and O–H groups in total. The minimum Gasteiger partial charge on any atom is -0.484 e. The number of nitrogens with one attached hydrogen (secondary N) is 2. The van der Waals surface area contributed by atoms with Gasteiger partial charge >= 0.3 is 6.03 Å². The zero-order valence-corrected chi connectivity index (χ0v) is 15.6. The molecule has 0 radical (unpaired) electrons. The maximum absolute atomic E-state index is 12.4. The third kappa shape index (κ3) is 5.67. The lowest BCUT2D eigenvalue weighted by Gasteiger charge is -2.22. The van der Waals surface area contributed by atoms with E-state index >= 15 is 0 Å². The highest BCUT2D eigenvalue weighted by atomic mass is 16.5. The highest BCUT2D eigenvalue weighted by Crippen LogP contribution is 2.17. The Balaban J connectivity index is 1.44. The summed E-state index contributed by atoms with van der Waals surface area (Å²) < 4.78 is 5.40. The number of amides is 3. The standard InChI is InChI=1S/C22H24N2O4/c25-20(24-22(27)23-18-9-5-2-6-10-18)15-28-19-13-11-17(12-14-19)21(26)16-7-3-1-4-8-16/h1,3-4,7-8,11-14,18H,2,5-6,9-10,15H2,(H2,23,24,25,27). The molecule has 6 heteroatoms. The first-order chi connectivity index (χ1) is 13.6. The summed E-state index contributed by atoms with van der Waals surface area (Å²) in [6.07, 6.45) is 5.30. The Bertz CT molecular complexity index is 812. The zero-order valence-electron chi connectivity index (χ0n) is 15.6. The van der Waals surface area contributed by atoms with Crippen LogP contribution in [0.25, 0.3) is 0 Å². The molecule has 6 nitrogen and oxygen atoms in total. The Hall–Kier alpha value is -3.15. The highest BCUT2D eigenvalue weighted by Gasteiger charge is 2.17. The lowest BCUT2D eigenvalue weighted by atomic mass is 9.96. The van der Waals surface area contributed by atoms with Crippen molar-refractivity contribution in [2.45, 2.75) is 38.1 Å². The minimum atomic E-state index is -0.516. The van der Waals surface area contributed by atoms with E-state index in [0.717, 1.165) is 25.7 Å². The second kappa shape index (κ2) is 9.69. The molecule has 0 heterocycles. The fraction of sp³-hybridized carbons (Fsp3) is 0.318. The van der Waals surface area contributed by atoms with E-state index in [-0.39, 0.29) is 18.4 Å². The topological polar surface area (TPSA) is 84.5 Å². The van der Waals surface area contributed by atoms with Crippen molar-refractivity contribution in [3.63, 3.8) is 0 Å². The lowest BCUT2D eigenvalue weighted by Crippen LogP contribution is -2.46. The number of hydrogen-bond donors (Lipinski definition) is 2. The van der Waals surface area contributed by atoms with Crippen LogP contribution in [-0.4, -0.2) is 30.4 Å². The number of ether oxygens (including phenoxy) is 1. The van der Waals surface area contributed by atoms with Gasteiger partial charge in [-0.2, -0.15) is 0 Å². The van der Waals surface area contributed by atoms with Gasteiger partial charge in [-0.05, 0) is 37.1 Å². The number of rotatable bonds is 6. The molecular weight excluding hydrogens is 356 g/mol. The number of hydrogen-bond acceptors (Lipinski definition) is 4. The van der Waals surface area contributed by atoms with E-state index in [1.165, 1.54) is 6.42 Å². The summed E-state index contributed by atoms with van der Waals surface area (Å²) in [6.45, 7) is -0.274. The largest absolute Gasteiger partial charge is 0.484 e. The van der Waals surface area contributed by atoms with Gasteiger partial charge in [-0.15, -0.1) is 0 Å². The molecule has 0 aliphatic heterocycles.